The van der Waals surface area contributed by atoms with Crippen LogP contribution in [-0.2, 0) is 11.8 Å². The zero-order valence-electron chi connectivity index (χ0n) is 15.2. The summed E-state index contributed by atoms with van der Waals surface area (Å²) in [7, 11) is 3.17. The van der Waals surface area contributed by atoms with Gasteiger partial charge in [-0.2, -0.15) is 5.10 Å². The molecule has 10 heteroatoms. The van der Waals surface area contributed by atoms with Gasteiger partial charge in [-0.1, -0.05) is 6.92 Å². The van der Waals surface area contributed by atoms with E-state index in [0.717, 1.165) is 6.42 Å². The molecular formula is C16H23N7O3. The molecule has 0 radical (unpaired) electrons. The summed E-state index contributed by atoms with van der Waals surface area (Å²) in [5.74, 6) is 0.279. The second kappa shape index (κ2) is 7.16. The van der Waals surface area contributed by atoms with Crippen LogP contribution in [0.25, 0.3) is 0 Å². The number of carbonyl (C=O) groups is 2. The highest BCUT2D eigenvalue weighted by Crippen LogP contribution is 2.21. The quantitative estimate of drug-likeness (QED) is 0.716. The summed E-state index contributed by atoms with van der Waals surface area (Å²) < 4.78 is 8.21. The van der Waals surface area contributed by atoms with Gasteiger partial charge in [0.25, 0.3) is 5.91 Å². The Morgan fingerprint density at radius 3 is 2.92 bits per heavy atom. The second-order valence-electron chi connectivity index (χ2n) is 6.24. The smallest absolute Gasteiger partial charge is 0.263 e. The Hall–Kier alpha value is -2.88. The van der Waals surface area contributed by atoms with Crippen molar-refractivity contribution in [3.05, 3.63) is 23.5 Å². The molecule has 0 spiro atoms. The number of hydrogen-bond donors (Lipinski definition) is 3. The predicted molar refractivity (Wildman–Crippen MR) is 93.7 cm³/mol. The Kier molecular flexibility index (Phi) is 4.94. The lowest BCUT2D eigenvalue weighted by molar-refractivity contribution is -0.125. The topological polar surface area (TPSA) is 115 Å². The first-order chi connectivity index (χ1) is 12.4. The third kappa shape index (κ3) is 3.54. The van der Waals surface area contributed by atoms with E-state index in [1.54, 1.807) is 24.0 Å². The number of rotatable bonds is 5. The van der Waals surface area contributed by atoms with Crippen molar-refractivity contribution in [3.8, 4) is 5.88 Å². The average Bonchev–Trinajstić information content (AvgIpc) is 3.16. The molecular weight excluding hydrogens is 338 g/mol. The van der Waals surface area contributed by atoms with E-state index in [4.69, 9.17) is 4.74 Å². The molecule has 1 aliphatic rings. The summed E-state index contributed by atoms with van der Waals surface area (Å²) in [5.41, 5.74) is 1.03. The molecule has 0 saturated carbocycles. The summed E-state index contributed by atoms with van der Waals surface area (Å²) in [6, 6.07) is 1.80. The maximum Gasteiger partial charge on any atom is 0.263 e. The Bertz CT molecular complexity index is 826. The molecule has 1 aliphatic heterocycles. The number of aromatic nitrogens is 4. The van der Waals surface area contributed by atoms with Crippen LogP contribution in [0.4, 0.5) is 5.82 Å². The van der Waals surface area contributed by atoms with Gasteiger partial charge in [0.15, 0.2) is 6.29 Å². The third-order valence-electron chi connectivity index (χ3n) is 4.19. The van der Waals surface area contributed by atoms with Crippen LogP contribution in [0.5, 0.6) is 5.88 Å². The first kappa shape index (κ1) is 17.9. The van der Waals surface area contributed by atoms with Gasteiger partial charge in [-0.25, -0.2) is 4.68 Å². The van der Waals surface area contributed by atoms with Gasteiger partial charge in [-0.05, 0) is 13.3 Å². The van der Waals surface area contributed by atoms with Crippen molar-refractivity contribution in [2.24, 2.45) is 7.05 Å². The molecule has 3 N–H and O–H groups in total. The molecule has 2 aromatic rings. The predicted octanol–water partition coefficient (Wildman–Crippen LogP) is 0.530. The van der Waals surface area contributed by atoms with E-state index in [9.17, 15) is 9.59 Å². The van der Waals surface area contributed by atoms with Crippen molar-refractivity contribution in [1.29, 1.82) is 0 Å². The molecule has 10 nitrogen and oxygen atoms in total. The highest BCUT2D eigenvalue weighted by atomic mass is 16.5. The molecule has 2 atom stereocenters. The molecule has 3 rings (SSSR count). The van der Waals surface area contributed by atoms with Gasteiger partial charge in [0.05, 0.1) is 12.8 Å². The highest BCUT2D eigenvalue weighted by molar-refractivity contribution is 6.05. The van der Waals surface area contributed by atoms with E-state index in [-0.39, 0.29) is 23.7 Å². The first-order valence-electron chi connectivity index (χ1n) is 8.41. The third-order valence-corrected chi connectivity index (χ3v) is 4.19. The van der Waals surface area contributed by atoms with Gasteiger partial charge in [-0.15, -0.1) is 5.10 Å². The monoisotopic (exact) mass is 361 g/mol. The number of anilines is 1. The Morgan fingerprint density at radius 1 is 1.46 bits per heavy atom. The fourth-order valence-corrected chi connectivity index (χ4v) is 2.92. The number of nitrogens with zero attached hydrogens (tertiary/aromatic N) is 4. The summed E-state index contributed by atoms with van der Waals surface area (Å²) >= 11 is 0. The minimum atomic E-state index is -0.527. The van der Waals surface area contributed by atoms with Crippen LogP contribution in [0.1, 0.15) is 42.1 Å². The van der Waals surface area contributed by atoms with Crippen molar-refractivity contribution < 1.29 is 14.3 Å². The van der Waals surface area contributed by atoms with Crippen LogP contribution >= 0.6 is 0 Å². The molecule has 2 aromatic heterocycles. The van der Waals surface area contributed by atoms with E-state index in [2.05, 4.69) is 26.1 Å². The van der Waals surface area contributed by atoms with Crippen molar-refractivity contribution in [1.82, 2.24) is 30.2 Å². The van der Waals surface area contributed by atoms with Crippen LogP contribution in [0, 0.1) is 6.92 Å². The lowest BCUT2D eigenvalue weighted by Crippen LogP contribution is -2.53. The number of amides is 2. The SMILES string of the molecule is CCC1CC(=O)NC(n2nc(C)cc2NC(=O)c2cn(C)nc2OC)N1. The second-order valence-corrected chi connectivity index (χ2v) is 6.24. The summed E-state index contributed by atoms with van der Waals surface area (Å²) in [4.78, 5) is 24.6. The fourth-order valence-electron chi connectivity index (χ4n) is 2.92. The molecule has 1 fully saturated rings. The van der Waals surface area contributed by atoms with Crippen molar-refractivity contribution in [2.45, 2.75) is 39.0 Å². The number of hydrogen-bond acceptors (Lipinski definition) is 6. The molecule has 0 aliphatic carbocycles. The van der Waals surface area contributed by atoms with E-state index >= 15 is 0 Å². The van der Waals surface area contributed by atoms with E-state index in [0.29, 0.717) is 23.5 Å². The number of carbonyl (C=O) groups excluding carboxylic acids is 2. The zero-order chi connectivity index (χ0) is 18.8. The molecule has 0 bridgehead atoms. The molecule has 140 valence electrons. The molecule has 2 unspecified atom stereocenters. The Labute approximate surface area is 150 Å². The standard InChI is InChI=1S/C16H23N7O3/c1-5-10-7-13(24)19-16(17-10)23-12(6-9(2)20-23)18-14(25)11-8-22(3)21-15(11)26-4/h6,8,10,16-17H,5,7H2,1-4H3,(H,18,25)(H,19,24). The number of ether oxygens (including phenoxy) is 1. The number of aryl methyl sites for hydroxylation is 2. The lowest BCUT2D eigenvalue weighted by atomic mass is 10.1. The normalized spacial score (nSPS) is 19.9. The Balaban J connectivity index is 1.85. The minimum Gasteiger partial charge on any atom is -0.479 e. The highest BCUT2D eigenvalue weighted by Gasteiger charge is 2.28. The van der Waals surface area contributed by atoms with Crippen molar-refractivity contribution in [2.75, 3.05) is 12.4 Å². The Morgan fingerprint density at radius 2 is 2.23 bits per heavy atom. The molecule has 0 aromatic carbocycles. The number of nitrogens with one attached hydrogen (secondary N) is 3. The van der Waals surface area contributed by atoms with E-state index in [1.807, 2.05) is 13.8 Å². The van der Waals surface area contributed by atoms with Crippen LogP contribution in [-0.4, -0.2) is 44.5 Å². The lowest BCUT2D eigenvalue weighted by Gasteiger charge is -2.31. The summed E-state index contributed by atoms with van der Waals surface area (Å²) in [6.45, 7) is 3.83. The summed E-state index contributed by atoms with van der Waals surface area (Å²) in [5, 5.41) is 17.5. The molecule has 3 heterocycles. The van der Waals surface area contributed by atoms with Crippen molar-refractivity contribution >= 4 is 17.6 Å². The number of methoxy groups -OCH3 is 1. The maximum absolute atomic E-state index is 12.6. The van der Waals surface area contributed by atoms with Gasteiger partial charge >= 0.3 is 0 Å². The molecule has 1 saturated heterocycles. The fraction of sp³-hybridized carbons (Fsp3) is 0.500. The van der Waals surface area contributed by atoms with E-state index in [1.165, 1.54) is 11.8 Å². The summed E-state index contributed by atoms with van der Waals surface area (Å²) in [6.07, 6.45) is 2.29. The largest absolute Gasteiger partial charge is 0.479 e. The van der Waals surface area contributed by atoms with Crippen molar-refractivity contribution in [3.63, 3.8) is 0 Å². The van der Waals surface area contributed by atoms with Gasteiger partial charge < -0.3 is 15.4 Å². The zero-order valence-corrected chi connectivity index (χ0v) is 15.2. The van der Waals surface area contributed by atoms with Gasteiger partial charge in [-0.3, -0.25) is 19.6 Å². The van der Waals surface area contributed by atoms with Crippen LogP contribution in [0.2, 0.25) is 0 Å². The maximum atomic E-state index is 12.6. The molecule has 2 amide bonds. The van der Waals surface area contributed by atoms with E-state index < -0.39 is 6.29 Å². The van der Waals surface area contributed by atoms with Crippen LogP contribution in [0.15, 0.2) is 12.3 Å². The van der Waals surface area contributed by atoms with Gasteiger partial charge in [0.2, 0.25) is 11.8 Å². The van der Waals surface area contributed by atoms with Crippen LogP contribution in [0.3, 0.4) is 0 Å². The van der Waals surface area contributed by atoms with Crippen LogP contribution < -0.4 is 20.7 Å². The molecule has 26 heavy (non-hydrogen) atoms. The van der Waals surface area contributed by atoms with Gasteiger partial charge in [0.1, 0.15) is 11.4 Å². The minimum absolute atomic E-state index is 0.0556. The average molecular weight is 361 g/mol. The first-order valence-corrected chi connectivity index (χ1v) is 8.41. The van der Waals surface area contributed by atoms with Gasteiger partial charge in [0, 0.05) is 31.8 Å².